The second-order valence-corrected chi connectivity index (χ2v) is 4.58. The van der Waals surface area contributed by atoms with E-state index in [9.17, 15) is 24.6 Å². The van der Waals surface area contributed by atoms with Gasteiger partial charge in [-0.2, -0.15) is 0 Å². The summed E-state index contributed by atoms with van der Waals surface area (Å²) in [6.07, 6.45) is -2.72. The summed E-state index contributed by atoms with van der Waals surface area (Å²) < 4.78 is 0. The van der Waals surface area contributed by atoms with Crippen LogP contribution >= 0.6 is 0 Å². The molecule has 8 N–H and O–H groups in total. The van der Waals surface area contributed by atoms with Crippen LogP contribution < -0.4 is 16.4 Å². The molecule has 0 saturated heterocycles. The van der Waals surface area contributed by atoms with Crippen molar-refractivity contribution in [3.05, 3.63) is 0 Å². The fourth-order valence-corrected chi connectivity index (χ4v) is 1.38. The maximum Gasteiger partial charge on any atom is 0.328 e. The van der Waals surface area contributed by atoms with E-state index in [-0.39, 0.29) is 0 Å². The molecule has 0 spiro atoms. The summed E-state index contributed by atoms with van der Waals surface area (Å²) in [5, 5.41) is 40.4. The summed E-state index contributed by atoms with van der Waals surface area (Å²) in [6, 6.07) is -4.36. The Morgan fingerprint density at radius 1 is 1.00 bits per heavy atom. The highest BCUT2D eigenvalue weighted by Crippen LogP contribution is 1.99. The first kappa shape index (κ1) is 19.2. The molecule has 0 aliphatic carbocycles. The number of carbonyl (C=O) groups excluding carboxylic acids is 2. The predicted octanol–water partition coefficient (Wildman–Crippen LogP) is -3.88. The normalized spacial score (nSPS) is 18.0. The van der Waals surface area contributed by atoms with Crippen molar-refractivity contribution < 1.29 is 34.8 Å². The molecule has 10 heteroatoms. The molecular formula is C11H21N3O7. The van der Waals surface area contributed by atoms with Crippen LogP contribution in [0.25, 0.3) is 0 Å². The third-order valence-electron chi connectivity index (χ3n) is 2.64. The van der Waals surface area contributed by atoms with Crippen LogP contribution in [0.4, 0.5) is 0 Å². The average molecular weight is 307 g/mol. The number of nitrogens with two attached hydrogens (primary N) is 1. The van der Waals surface area contributed by atoms with Gasteiger partial charge in [0.1, 0.15) is 12.1 Å². The molecule has 21 heavy (non-hydrogen) atoms. The largest absolute Gasteiger partial charge is 0.480 e. The molecule has 0 fully saturated rings. The molecule has 122 valence electrons. The summed E-state index contributed by atoms with van der Waals surface area (Å²) in [6.45, 7) is 1.70. The van der Waals surface area contributed by atoms with Gasteiger partial charge in [-0.05, 0) is 13.8 Å². The number of rotatable bonds is 8. The molecule has 0 bridgehead atoms. The Morgan fingerprint density at radius 3 is 1.76 bits per heavy atom. The van der Waals surface area contributed by atoms with E-state index in [1.807, 2.05) is 5.32 Å². The average Bonchev–Trinajstić information content (AvgIpc) is 2.39. The number of amides is 2. The topological polar surface area (TPSA) is 182 Å². The van der Waals surface area contributed by atoms with Gasteiger partial charge in [0.2, 0.25) is 11.8 Å². The van der Waals surface area contributed by atoms with Crippen LogP contribution in [0.1, 0.15) is 13.8 Å². The molecule has 0 aromatic rings. The van der Waals surface area contributed by atoms with Crippen LogP contribution in [-0.4, -0.2) is 75.2 Å². The number of aliphatic carboxylic acids is 1. The lowest BCUT2D eigenvalue weighted by Gasteiger charge is -2.25. The van der Waals surface area contributed by atoms with Crippen LogP contribution in [0.3, 0.4) is 0 Å². The van der Waals surface area contributed by atoms with Gasteiger partial charge >= 0.3 is 5.97 Å². The van der Waals surface area contributed by atoms with Crippen molar-refractivity contribution >= 4 is 17.8 Å². The van der Waals surface area contributed by atoms with Gasteiger partial charge in [-0.15, -0.1) is 0 Å². The SMILES string of the molecule is C[C@@H](O)[C@H](NC(=O)[C@@H](NC(=O)[C@@H](N)CO)[C@@H](C)O)C(=O)O. The van der Waals surface area contributed by atoms with Gasteiger partial charge in [0.15, 0.2) is 6.04 Å². The van der Waals surface area contributed by atoms with Crippen molar-refractivity contribution in [3.63, 3.8) is 0 Å². The highest BCUT2D eigenvalue weighted by atomic mass is 16.4. The van der Waals surface area contributed by atoms with E-state index in [4.69, 9.17) is 15.9 Å². The fraction of sp³-hybridized carbons (Fsp3) is 0.727. The first-order valence-corrected chi connectivity index (χ1v) is 6.17. The van der Waals surface area contributed by atoms with E-state index in [0.29, 0.717) is 0 Å². The molecule has 0 aliphatic heterocycles. The van der Waals surface area contributed by atoms with Gasteiger partial charge < -0.3 is 36.8 Å². The Labute approximate surface area is 120 Å². The zero-order chi connectivity index (χ0) is 16.7. The lowest BCUT2D eigenvalue weighted by molar-refractivity contribution is -0.145. The Balaban J connectivity index is 4.92. The monoisotopic (exact) mass is 307 g/mol. The van der Waals surface area contributed by atoms with Crippen LogP contribution in [0, 0.1) is 0 Å². The third kappa shape index (κ3) is 6.04. The van der Waals surface area contributed by atoms with Gasteiger partial charge in [-0.25, -0.2) is 4.79 Å². The van der Waals surface area contributed by atoms with Crippen LogP contribution in [0.2, 0.25) is 0 Å². The van der Waals surface area contributed by atoms with Crippen LogP contribution in [-0.2, 0) is 14.4 Å². The Morgan fingerprint density at radius 2 is 1.43 bits per heavy atom. The third-order valence-corrected chi connectivity index (χ3v) is 2.64. The van der Waals surface area contributed by atoms with Gasteiger partial charge in [0, 0.05) is 0 Å². The molecule has 0 aliphatic rings. The molecule has 0 saturated carbocycles. The smallest absolute Gasteiger partial charge is 0.328 e. The summed E-state index contributed by atoms with van der Waals surface area (Å²) in [5.41, 5.74) is 5.25. The van der Waals surface area contributed by atoms with E-state index in [0.717, 1.165) is 6.92 Å². The Bertz CT molecular complexity index is 386. The first-order chi connectivity index (χ1) is 9.61. The highest BCUT2D eigenvalue weighted by molar-refractivity contribution is 5.92. The predicted molar refractivity (Wildman–Crippen MR) is 69.9 cm³/mol. The summed E-state index contributed by atoms with van der Waals surface area (Å²) in [7, 11) is 0. The van der Waals surface area contributed by atoms with Gasteiger partial charge in [-0.3, -0.25) is 9.59 Å². The molecule has 2 amide bonds. The number of hydrogen-bond donors (Lipinski definition) is 7. The molecule has 10 nitrogen and oxygen atoms in total. The van der Waals surface area contributed by atoms with E-state index in [2.05, 4.69) is 5.32 Å². The molecule has 0 rings (SSSR count). The minimum Gasteiger partial charge on any atom is -0.480 e. The maximum atomic E-state index is 11.9. The zero-order valence-corrected chi connectivity index (χ0v) is 11.7. The Kier molecular flexibility index (Phi) is 7.81. The van der Waals surface area contributed by atoms with E-state index in [1.165, 1.54) is 6.92 Å². The van der Waals surface area contributed by atoms with Crippen molar-refractivity contribution in [1.29, 1.82) is 0 Å². The number of carboxylic acids is 1. The number of carbonyl (C=O) groups is 3. The van der Waals surface area contributed by atoms with Crippen molar-refractivity contribution in [2.24, 2.45) is 5.73 Å². The second kappa shape index (κ2) is 8.52. The minimum absolute atomic E-state index is 0.661. The molecule has 0 unspecified atom stereocenters. The molecule has 0 aromatic carbocycles. The van der Waals surface area contributed by atoms with E-state index < -0.39 is 54.7 Å². The van der Waals surface area contributed by atoms with Crippen LogP contribution in [0.5, 0.6) is 0 Å². The molecule has 0 radical (unpaired) electrons. The van der Waals surface area contributed by atoms with Gasteiger partial charge in [0.05, 0.1) is 18.8 Å². The van der Waals surface area contributed by atoms with Crippen molar-refractivity contribution in [1.82, 2.24) is 10.6 Å². The number of carboxylic acid groups (broad SMARTS) is 1. The number of aliphatic hydroxyl groups excluding tert-OH is 3. The quantitative estimate of drug-likeness (QED) is 0.237. The van der Waals surface area contributed by atoms with Gasteiger partial charge in [0.25, 0.3) is 0 Å². The van der Waals surface area contributed by atoms with Gasteiger partial charge in [-0.1, -0.05) is 0 Å². The summed E-state index contributed by atoms with van der Waals surface area (Å²) >= 11 is 0. The molecule has 0 aromatic heterocycles. The first-order valence-electron chi connectivity index (χ1n) is 6.17. The summed E-state index contributed by atoms with van der Waals surface area (Å²) in [4.78, 5) is 34.2. The minimum atomic E-state index is -1.60. The molecular weight excluding hydrogens is 286 g/mol. The van der Waals surface area contributed by atoms with E-state index >= 15 is 0 Å². The Hall–Kier alpha value is -1.75. The highest BCUT2D eigenvalue weighted by Gasteiger charge is 2.32. The maximum absolute atomic E-state index is 11.9. The molecule has 5 atom stereocenters. The standard InChI is InChI=1S/C11H21N3O7/c1-4(16)7(13-9(18)6(12)3-15)10(19)14-8(5(2)17)11(20)21/h4-8,15-17H,3,12H2,1-2H3,(H,13,18)(H,14,19)(H,20,21)/t4-,5-,6+,7+,8+/m1/s1. The van der Waals surface area contributed by atoms with E-state index in [1.54, 1.807) is 0 Å². The lowest BCUT2D eigenvalue weighted by atomic mass is 10.1. The fourth-order valence-electron chi connectivity index (χ4n) is 1.38. The number of aliphatic hydroxyl groups is 3. The zero-order valence-electron chi connectivity index (χ0n) is 11.7. The second-order valence-electron chi connectivity index (χ2n) is 4.58. The van der Waals surface area contributed by atoms with Crippen LogP contribution in [0.15, 0.2) is 0 Å². The van der Waals surface area contributed by atoms with Crippen molar-refractivity contribution in [3.8, 4) is 0 Å². The van der Waals surface area contributed by atoms with Crippen molar-refractivity contribution in [2.75, 3.05) is 6.61 Å². The van der Waals surface area contributed by atoms with Crippen molar-refractivity contribution in [2.45, 2.75) is 44.2 Å². The lowest BCUT2D eigenvalue weighted by Crippen LogP contribution is -2.60. The number of nitrogens with one attached hydrogen (secondary N) is 2. The summed E-state index contributed by atoms with van der Waals surface area (Å²) in [5.74, 6) is -3.36. The molecule has 0 heterocycles. The number of hydrogen-bond acceptors (Lipinski definition) is 7.